The maximum Gasteiger partial charge on any atom is 0.384 e. The van der Waals surface area contributed by atoms with Crippen molar-refractivity contribution in [3.63, 3.8) is 0 Å². The second-order valence-corrected chi connectivity index (χ2v) is 2.87. The first-order valence-corrected chi connectivity index (χ1v) is 3.87. The molecule has 4 nitrogen and oxygen atoms in total. The lowest BCUT2D eigenvalue weighted by atomic mass is 10.2. The van der Waals surface area contributed by atoms with Crippen LogP contribution in [-0.2, 0) is 9.53 Å². The standard InChI is InChI=1S/C7H11N2O2/c8-4-6-9-3-1-2-5(9)7(10)11-6/h5H,1-4,8H2/q+1. The van der Waals surface area contributed by atoms with Gasteiger partial charge >= 0.3 is 11.9 Å². The van der Waals surface area contributed by atoms with E-state index in [1.807, 2.05) is 4.58 Å². The molecule has 0 amide bonds. The molecule has 60 valence electrons. The first-order chi connectivity index (χ1) is 5.33. The number of cyclic esters (lactones) is 1. The number of hydrogen-bond acceptors (Lipinski definition) is 3. The molecule has 0 saturated carbocycles. The minimum Gasteiger partial charge on any atom is -0.368 e. The molecule has 0 aromatic rings. The molecule has 2 rings (SSSR count). The van der Waals surface area contributed by atoms with Crippen molar-refractivity contribution in [3.05, 3.63) is 0 Å². The highest BCUT2D eigenvalue weighted by atomic mass is 16.6. The monoisotopic (exact) mass is 155 g/mol. The van der Waals surface area contributed by atoms with Crippen LogP contribution in [0.25, 0.3) is 0 Å². The third-order valence-corrected chi connectivity index (χ3v) is 2.24. The van der Waals surface area contributed by atoms with Gasteiger partial charge in [-0.2, -0.15) is 4.58 Å². The van der Waals surface area contributed by atoms with Gasteiger partial charge in [0.25, 0.3) is 6.04 Å². The molecule has 0 spiro atoms. The molecule has 1 atom stereocenters. The zero-order chi connectivity index (χ0) is 7.84. The molecule has 0 aromatic carbocycles. The summed E-state index contributed by atoms with van der Waals surface area (Å²) in [5.74, 6) is 0.528. The molecular formula is C7H11N2O2+. The summed E-state index contributed by atoms with van der Waals surface area (Å²) in [6.07, 6.45) is 1.99. The van der Waals surface area contributed by atoms with Crippen LogP contribution in [-0.4, -0.2) is 35.6 Å². The molecule has 1 saturated heterocycles. The minimum absolute atomic E-state index is 0.0199. The number of carbonyl (C=O) groups is 1. The number of rotatable bonds is 1. The third kappa shape index (κ3) is 0.860. The highest BCUT2D eigenvalue weighted by Gasteiger charge is 2.45. The predicted molar refractivity (Wildman–Crippen MR) is 38.3 cm³/mol. The van der Waals surface area contributed by atoms with Crippen LogP contribution in [0.4, 0.5) is 0 Å². The van der Waals surface area contributed by atoms with Gasteiger partial charge in [-0.05, 0) is 0 Å². The fraction of sp³-hybridized carbons (Fsp3) is 0.714. The smallest absolute Gasteiger partial charge is 0.368 e. The Bertz CT molecular complexity index is 235. The highest BCUT2D eigenvalue weighted by molar-refractivity contribution is 5.93. The highest BCUT2D eigenvalue weighted by Crippen LogP contribution is 2.18. The van der Waals surface area contributed by atoms with Crippen molar-refractivity contribution in [2.45, 2.75) is 18.9 Å². The Balaban J connectivity index is 2.31. The van der Waals surface area contributed by atoms with Crippen LogP contribution in [0.15, 0.2) is 0 Å². The fourth-order valence-corrected chi connectivity index (χ4v) is 1.71. The maximum atomic E-state index is 11.1. The van der Waals surface area contributed by atoms with E-state index in [1.165, 1.54) is 0 Å². The van der Waals surface area contributed by atoms with Crippen LogP contribution in [0.5, 0.6) is 0 Å². The Morgan fingerprint density at radius 2 is 2.55 bits per heavy atom. The van der Waals surface area contributed by atoms with E-state index in [4.69, 9.17) is 10.5 Å². The molecule has 1 fully saturated rings. The summed E-state index contributed by atoms with van der Waals surface area (Å²) in [4.78, 5) is 11.1. The molecule has 2 aliphatic rings. The molecule has 2 aliphatic heterocycles. The molecule has 4 heteroatoms. The van der Waals surface area contributed by atoms with E-state index in [2.05, 4.69) is 0 Å². The lowest BCUT2D eigenvalue weighted by Crippen LogP contribution is -2.24. The van der Waals surface area contributed by atoms with Gasteiger partial charge in [-0.15, -0.1) is 0 Å². The van der Waals surface area contributed by atoms with Crippen LogP contribution < -0.4 is 5.73 Å². The summed E-state index contributed by atoms with van der Waals surface area (Å²) in [6.45, 7) is 1.26. The number of esters is 1. The summed E-state index contributed by atoms with van der Waals surface area (Å²) in [6, 6.07) is -0.0199. The van der Waals surface area contributed by atoms with Crippen LogP contribution in [0.1, 0.15) is 12.8 Å². The summed E-state index contributed by atoms with van der Waals surface area (Å²) in [5.41, 5.74) is 5.40. The van der Waals surface area contributed by atoms with Crippen molar-refractivity contribution in [2.75, 3.05) is 13.1 Å². The lowest BCUT2D eigenvalue weighted by molar-refractivity contribution is -0.526. The predicted octanol–water partition coefficient (Wildman–Crippen LogP) is -0.925. The largest absolute Gasteiger partial charge is 0.384 e. The zero-order valence-corrected chi connectivity index (χ0v) is 6.25. The summed E-state index contributed by atoms with van der Waals surface area (Å²) in [7, 11) is 0. The molecule has 2 heterocycles. The molecule has 0 aliphatic carbocycles. The van der Waals surface area contributed by atoms with Gasteiger partial charge in [-0.1, -0.05) is 0 Å². The molecule has 0 radical (unpaired) electrons. The lowest BCUT2D eigenvalue weighted by Gasteiger charge is -1.90. The average molecular weight is 155 g/mol. The van der Waals surface area contributed by atoms with E-state index in [9.17, 15) is 4.79 Å². The van der Waals surface area contributed by atoms with Crippen LogP contribution in [0.3, 0.4) is 0 Å². The molecule has 11 heavy (non-hydrogen) atoms. The molecule has 2 N–H and O–H groups in total. The van der Waals surface area contributed by atoms with Gasteiger partial charge in [0.2, 0.25) is 0 Å². The Morgan fingerprint density at radius 3 is 3.27 bits per heavy atom. The van der Waals surface area contributed by atoms with E-state index in [0.29, 0.717) is 12.4 Å². The van der Waals surface area contributed by atoms with Gasteiger partial charge in [0.05, 0.1) is 0 Å². The van der Waals surface area contributed by atoms with Crippen molar-refractivity contribution in [3.8, 4) is 0 Å². The summed E-state index contributed by atoms with van der Waals surface area (Å²) >= 11 is 0. The number of fused-ring (bicyclic) bond motifs is 1. The van der Waals surface area contributed by atoms with E-state index >= 15 is 0 Å². The Kier molecular flexibility index (Phi) is 1.42. The second-order valence-electron chi connectivity index (χ2n) is 2.87. The molecule has 0 bridgehead atoms. The minimum atomic E-state index is -0.122. The zero-order valence-electron chi connectivity index (χ0n) is 6.25. The van der Waals surface area contributed by atoms with Gasteiger partial charge in [-0.25, -0.2) is 4.79 Å². The van der Waals surface area contributed by atoms with Crippen molar-refractivity contribution in [2.24, 2.45) is 5.73 Å². The maximum absolute atomic E-state index is 11.1. The molecule has 0 aromatic heterocycles. The van der Waals surface area contributed by atoms with Crippen molar-refractivity contribution in [1.82, 2.24) is 0 Å². The summed E-state index contributed by atoms with van der Waals surface area (Å²) in [5, 5.41) is 0. The van der Waals surface area contributed by atoms with Crippen LogP contribution in [0.2, 0.25) is 0 Å². The van der Waals surface area contributed by atoms with Crippen molar-refractivity contribution >= 4 is 11.9 Å². The number of hydrogen-bond donors (Lipinski definition) is 1. The number of carbonyl (C=O) groups excluding carboxylic acids is 1. The van der Waals surface area contributed by atoms with Crippen LogP contribution >= 0.6 is 0 Å². The van der Waals surface area contributed by atoms with Gasteiger partial charge in [0, 0.05) is 12.8 Å². The first-order valence-electron chi connectivity index (χ1n) is 3.87. The Morgan fingerprint density at radius 1 is 1.73 bits per heavy atom. The van der Waals surface area contributed by atoms with Crippen molar-refractivity contribution in [1.29, 1.82) is 0 Å². The Labute approximate surface area is 64.6 Å². The van der Waals surface area contributed by atoms with Gasteiger partial charge < -0.3 is 10.5 Å². The topological polar surface area (TPSA) is 55.3 Å². The molecular weight excluding hydrogens is 144 g/mol. The SMILES string of the molecule is NCC1=[N+]2CCCC2C(=O)O1. The van der Waals surface area contributed by atoms with Gasteiger partial charge in [-0.3, -0.25) is 0 Å². The Hall–Kier alpha value is -0.900. The summed E-state index contributed by atoms with van der Waals surface area (Å²) < 4.78 is 6.93. The quantitative estimate of drug-likeness (QED) is 0.393. The van der Waals surface area contributed by atoms with Gasteiger partial charge in [0.1, 0.15) is 13.1 Å². The van der Waals surface area contributed by atoms with E-state index in [-0.39, 0.29) is 12.0 Å². The van der Waals surface area contributed by atoms with Crippen molar-refractivity contribution < 1.29 is 14.1 Å². The molecule has 1 unspecified atom stereocenters. The number of nitrogens with two attached hydrogens (primary N) is 1. The fourth-order valence-electron chi connectivity index (χ4n) is 1.71. The van der Waals surface area contributed by atoms with E-state index in [1.54, 1.807) is 0 Å². The average Bonchev–Trinajstić information content (AvgIpc) is 2.54. The van der Waals surface area contributed by atoms with E-state index < -0.39 is 0 Å². The number of nitrogens with zero attached hydrogens (tertiary/aromatic N) is 1. The normalized spacial score (nSPS) is 29.2. The van der Waals surface area contributed by atoms with Gasteiger partial charge in [0.15, 0.2) is 0 Å². The van der Waals surface area contributed by atoms with E-state index in [0.717, 1.165) is 19.4 Å². The third-order valence-electron chi connectivity index (χ3n) is 2.24. The second kappa shape index (κ2) is 2.30. The van der Waals surface area contributed by atoms with Crippen LogP contribution in [0, 0.1) is 0 Å². The first kappa shape index (κ1) is 6.79. The number of ether oxygens (including phenoxy) is 1.